The van der Waals surface area contributed by atoms with Crippen LogP contribution in [0.3, 0.4) is 0 Å². The Balaban J connectivity index is 3.33. The van der Waals surface area contributed by atoms with Gasteiger partial charge in [0.05, 0.1) is 25.4 Å². The number of carbonyl (C=O) groups is 2. The molecule has 0 heterocycles. The highest BCUT2D eigenvalue weighted by Gasteiger charge is 2.18. The predicted octanol–water partition coefficient (Wildman–Crippen LogP) is 21.6. The largest absolute Gasteiger partial charge is 0.466 e. The average Bonchev–Trinajstić information content (AvgIpc) is 3.40. The molecule has 1 amide bonds. The fourth-order valence-corrected chi connectivity index (χ4v) is 10.9. The molecule has 0 saturated carbocycles. The maximum absolute atomic E-state index is 12.5. The number of rotatable bonds is 64. The van der Waals surface area contributed by atoms with Gasteiger partial charge < -0.3 is 20.3 Å². The summed E-state index contributed by atoms with van der Waals surface area (Å²) < 4.78 is 5.49. The van der Waals surface area contributed by atoms with Crippen molar-refractivity contribution in [2.75, 3.05) is 13.2 Å². The number of unbranched alkanes of at least 4 members (excludes halogenated alkanes) is 53. The maximum Gasteiger partial charge on any atom is 0.305 e. The first kappa shape index (κ1) is 72.6. The van der Waals surface area contributed by atoms with Gasteiger partial charge in [0.25, 0.3) is 0 Å². The molecular formula is C68H133NO5. The van der Waals surface area contributed by atoms with Gasteiger partial charge in [0.15, 0.2) is 0 Å². The molecule has 6 nitrogen and oxygen atoms in total. The van der Waals surface area contributed by atoms with E-state index in [0.717, 1.165) is 38.5 Å². The fraction of sp³-hybridized carbons (Fsp3) is 0.941. The number of ether oxygens (including phenoxy) is 1. The maximum atomic E-state index is 12.5. The Kier molecular flexibility index (Phi) is 62.9. The second-order valence-corrected chi connectivity index (χ2v) is 23.5. The van der Waals surface area contributed by atoms with Gasteiger partial charge in [-0.15, -0.1) is 0 Å². The number of carbonyl (C=O) groups excluding carboxylic acids is 2. The number of aliphatic hydroxyl groups excluding tert-OH is 2. The summed E-state index contributed by atoms with van der Waals surface area (Å²) in [5.41, 5.74) is 0. The third-order valence-corrected chi connectivity index (χ3v) is 16.1. The number of hydrogen-bond donors (Lipinski definition) is 3. The first-order valence-electron chi connectivity index (χ1n) is 34.0. The Morgan fingerprint density at radius 3 is 0.919 bits per heavy atom. The molecule has 0 radical (unpaired) electrons. The minimum atomic E-state index is -0.840. The molecule has 0 aromatic rings. The Hall–Kier alpha value is -1.40. The van der Waals surface area contributed by atoms with Crippen molar-refractivity contribution in [1.29, 1.82) is 0 Å². The molecule has 0 bridgehead atoms. The van der Waals surface area contributed by atoms with E-state index in [1.165, 1.54) is 321 Å². The highest BCUT2D eigenvalue weighted by atomic mass is 16.5. The van der Waals surface area contributed by atoms with E-state index in [0.29, 0.717) is 19.4 Å². The van der Waals surface area contributed by atoms with Crippen LogP contribution >= 0.6 is 0 Å². The van der Waals surface area contributed by atoms with Crippen LogP contribution in [0.5, 0.6) is 0 Å². The number of aliphatic hydroxyl groups is 2. The van der Waals surface area contributed by atoms with Gasteiger partial charge in [0.1, 0.15) is 0 Å². The first-order valence-corrected chi connectivity index (χ1v) is 34.0. The van der Waals surface area contributed by atoms with Crippen LogP contribution in [0.1, 0.15) is 386 Å². The summed E-state index contributed by atoms with van der Waals surface area (Å²) in [4.78, 5) is 24.5. The topological polar surface area (TPSA) is 95.9 Å². The molecule has 0 saturated heterocycles. The smallest absolute Gasteiger partial charge is 0.305 e. The fourth-order valence-electron chi connectivity index (χ4n) is 10.9. The third kappa shape index (κ3) is 59.8. The summed E-state index contributed by atoms with van der Waals surface area (Å²) in [6, 6.07) is -0.624. The van der Waals surface area contributed by atoms with Crippen LogP contribution in [0, 0.1) is 0 Å². The monoisotopic (exact) mass is 1040 g/mol. The van der Waals surface area contributed by atoms with E-state index < -0.39 is 12.1 Å². The van der Waals surface area contributed by atoms with Crippen LogP contribution in [0.4, 0.5) is 0 Å². The molecule has 440 valence electrons. The predicted molar refractivity (Wildman–Crippen MR) is 324 cm³/mol. The Labute approximate surface area is 463 Å². The molecule has 0 aromatic heterocycles. The third-order valence-electron chi connectivity index (χ3n) is 16.1. The summed E-state index contributed by atoms with van der Waals surface area (Å²) in [5.74, 6) is -0.0400. The summed E-state index contributed by atoms with van der Waals surface area (Å²) in [5, 5.41) is 23.1. The van der Waals surface area contributed by atoms with Crippen molar-refractivity contribution in [3.8, 4) is 0 Å². The quantitative estimate of drug-likeness (QED) is 0.0320. The standard InChI is InChI=1S/C68H133NO5/c1-3-5-7-9-11-13-15-17-36-40-44-48-52-56-60-66(71)65(64-70)69-67(72)61-57-53-49-45-41-37-34-32-30-28-26-24-22-20-19-21-23-25-27-29-31-33-35-39-43-47-51-55-59-63-74-68(73)62-58-54-50-46-42-38-18-16-14-12-10-8-6-4-2/h56,60,65-66,70-71H,3-55,57-59,61-64H2,1-2H3,(H,69,72)/b60-56+. The number of allylic oxidation sites excluding steroid dienone is 1. The normalized spacial score (nSPS) is 12.5. The van der Waals surface area contributed by atoms with Crippen molar-refractivity contribution in [2.45, 2.75) is 398 Å². The molecule has 0 rings (SSSR count). The van der Waals surface area contributed by atoms with E-state index in [4.69, 9.17) is 4.74 Å². The lowest BCUT2D eigenvalue weighted by molar-refractivity contribution is -0.143. The zero-order valence-corrected chi connectivity index (χ0v) is 50.4. The van der Waals surface area contributed by atoms with Crippen LogP contribution < -0.4 is 5.32 Å². The number of esters is 1. The highest BCUT2D eigenvalue weighted by molar-refractivity contribution is 5.76. The molecule has 0 spiro atoms. The molecule has 0 fully saturated rings. The van der Waals surface area contributed by atoms with Gasteiger partial charge in [-0.2, -0.15) is 0 Å². The average molecular weight is 1040 g/mol. The van der Waals surface area contributed by atoms with E-state index in [9.17, 15) is 19.8 Å². The number of amides is 1. The van der Waals surface area contributed by atoms with E-state index in [-0.39, 0.29) is 18.5 Å². The van der Waals surface area contributed by atoms with Gasteiger partial charge in [-0.05, 0) is 32.1 Å². The SMILES string of the molecule is CCCCCCCCCCCCCC/C=C/C(O)C(CO)NC(=O)CCCCCCCCCCCCCCCCCCCCCCCCCCCCCCCOC(=O)CCCCCCCCCCCCCCCC. The van der Waals surface area contributed by atoms with Crippen LogP contribution in [0.25, 0.3) is 0 Å². The van der Waals surface area contributed by atoms with Crippen molar-refractivity contribution in [3.05, 3.63) is 12.2 Å². The zero-order chi connectivity index (χ0) is 53.6. The summed E-state index contributed by atoms with van der Waals surface area (Å²) in [6.45, 7) is 4.94. The van der Waals surface area contributed by atoms with Gasteiger partial charge in [-0.25, -0.2) is 0 Å². The molecule has 74 heavy (non-hydrogen) atoms. The number of hydrogen-bond acceptors (Lipinski definition) is 5. The zero-order valence-electron chi connectivity index (χ0n) is 50.4. The Morgan fingerprint density at radius 1 is 0.365 bits per heavy atom. The van der Waals surface area contributed by atoms with Gasteiger partial charge in [-0.1, -0.05) is 353 Å². The Morgan fingerprint density at radius 2 is 0.622 bits per heavy atom. The highest BCUT2D eigenvalue weighted by Crippen LogP contribution is 2.19. The van der Waals surface area contributed by atoms with Crippen LogP contribution in [-0.2, 0) is 14.3 Å². The summed E-state index contributed by atoms with van der Waals surface area (Å²) in [6.07, 6.45) is 78.6. The van der Waals surface area contributed by atoms with Crippen LogP contribution in [-0.4, -0.2) is 47.4 Å². The molecule has 0 aliphatic rings. The molecule has 3 N–H and O–H groups in total. The van der Waals surface area contributed by atoms with Gasteiger partial charge >= 0.3 is 5.97 Å². The lowest BCUT2D eigenvalue weighted by atomic mass is 10.0. The van der Waals surface area contributed by atoms with Crippen molar-refractivity contribution in [2.24, 2.45) is 0 Å². The lowest BCUT2D eigenvalue weighted by Gasteiger charge is -2.20. The molecule has 0 aliphatic carbocycles. The van der Waals surface area contributed by atoms with Gasteiger partial charge in [-0.3, -0.25) is 9.59 Å². The van der Waals surface area contributed by atoms with Crippen molar-refractivity contribution < 1.29 is 24.5 Å². The molecule has 0 aliphatic heterocycles. The molecule has 6 heteroatoms. The van der Waals surface area contributed by atoms with Crippen LogP contribution in [0.15, 0.2) is 12.2 Å². The van der Waals surface area contributed by atoms with Crippen molar-refractivity contribution in [1.82, 2.24) is 5.32 Å². The van der Waals surface area contributed by atoms with E-state index in [1.807, 2.05) is 6.08 Å². The summed E-state index contributed by atoms with van der Waals surface area (Å²) in [7, 11) is 0. The molecule has 2 atom stereocenters. The molecule has 2 unspecified atom stereocenters. The second kappa shape index (κ2) is 64.1. The van der Waals surface area contributed by atoms with Crippen LogP contribution in [0.2, 0.25) is 0 Å². The first-order chi connectivity index (χ1) is 36.5. The van der Waals surface area contributed by atoms with Crippen molar-refractivity contribution >= 4 is 11.9 Å². The minimum absolute atomic E-state index is 0.0221. The number of nitrogens with one attached hydrogen (secondary N) is 1. The van der Waals surface area contributed by atoms with Gasteiger partial charge in [0.2, 0.25) is 5.91 Å². The van der Waals surface area contributed by atoms with E-state index >= 15 is 0 Å². The Bertz CT molecular complexity index is 1110. The molecule has 0 aromatic carbocycles. The molecular weight excluding hydrogens is 911 g/mol. The summed E-state index contributed by atoms with van der Waals surface area (Å²) >= 11 is 0. The second-order valence-electron chi connectivity index (χ2n) is 23.5. The lowest BCUT2D eigenvalue weighted by Crippen LogP contribution is -2.45. The van der Waals surface area contributed by atoms with Crippen molar-refractivity contribution in [3.63, 3.8) is 0 Å². The van der Waals surface area contributed by atoms with E-state index in [1.54, 1.807) is 6.08 Å². The van der Waals surface area contributed by atoms with E-state index in [2.05, 4.69) is 19.2 Å². The minimum Gasteiger partial charge on any atom is -0.466 e. The van der Waals surface area contributed by atoms with Gasteiger partial charge in [0, 0.05) is 12.8 Å².